The lowest BCUT2D eigenvalue weighted by Crippen LogP contribution is -2.46. The predicted octanol–water partition coefficient (Wildman–Crippen LogP) is 4.46. The van der Waals surface area contributed by atoms with Crippen molar-refractivity contribution in [3.63, 3.8) is 0 Å². The zero-order chi connectivity index (χ0) is 23.3. The quantitative estimate of drug-likeness (QED) is 0.645. The molecule has 0 aliphatic carbocycles. The van der Waals surface area contributed by atoms with Crippen LogP contribution in [0.1, 0.15) is 53.2 Å². The molecule has 0 bridgehead atoms. The molecule has 172 valence electrons. The Hall–Kier alpha value is -2.66. The van der Waals surface area contributed by atoms with Crippen molar-refractivity contribution in [2.75, 3.05) is 38.6 Å². The Labute approximate surface area is 193 Å². The minimum atomic E-state index is 0.0775. The molecule has 5 heteroatoms. The van der Waals surface area contributed by atoms with E-state index in [4.69, 9.17) is 0 Å². The van der Waals surface area contributed by atoms with E-state index in [-0.39, 0.29) is 11.8 Å². The van der Waals surface area contributed by atoms with Crippen molar-refractivity contribution >= 4 is 17.5 Å². The van der Waals surface area contributed by atoms with Gasteiger partial charge in [-0.1, -0.05) is 37.3 Å². The number of hydrogen-bond acceptors (Lipinski definition) is 3. The average Bonchev–Trinajstić information content (AvgIpc) is 2.81. The molecule has 2 aromatic rings. The smallest absolute Gasteiger partial charge is 0.253 e. The highest BCUT2D eigenvalue weighted by atomic mass is 16.2. The summed E-state index contributed by atoms with van der Waals surface area (Å²) in [6, 6.07) is 15.0. The molecule has 1 aliphatic rings. The Balaban J connectivity index is 1.58. The van der Waals surface area contributed by atoms with Gasteiger partial charge in [-0.05, 0) is 69.0 Å². The van der Waals surface area contributed by atoms with E-state index >= 15 is 0 Å². The van der Waals surface area contributed by atoms with Crippen molar-refractivity contribution in [3.05, 3.63) is 64.7 Å². The first-order chi connectivity index (χ1) is 15.3. The van der Waals surface area contributed by atoms with E-state index in [1.165, 1.54) is 5.56 Å². The monoisotopic (exact) mass is 435 g/mol. The average molecular weight is 436 g/mol. The maximum absolute atomic E-state index is 13.2. The van der Waals surface area contributed by atoms with Gasteiger partial charge >= 0.3 is 0 Å². The number of carbonyl (C=O) groups is 2. The molecule has 1 fully saturated rings. The van der Waals surface area contributed by atoms with Gasteiger partial charge in [0.25, 0.3) is 5.91 Å². The molecule has 2 amide bonds. The standard InChI is InChI=1S/C27H37N3O2/c1-6-25(31)29(5)26-20(2)18-23(19-21(26)3)27(32)30-16-13-24(14-17-30)28(4)15-12-22-10-8-7-9-11-22/h7-11,18-19,24H,6,12-17H2,1-5H3. The number of nitrogens with zero attached hydrogens (tertiary/aromatic N) is 3. The van der Waals surface area contributed by atoms with Gasteiger partial charge < -0.3 is 14.7 Å². The Morgan fingerprint density at radius 3 is 2.16 bits per heavy atom. The summed E-state index contributed by atoms with van der Waals surface area (Å²) in [5.41, 5.74) is 4.93. The van der Waals surface area contributed by atoms with Crippen molar-refractivity contribution in [1.29, 1.82) is 0 Å². The summed E-state index contributed by atoms with van der Waals surface area (Å²) in [7, 11) is 4.01. The Kier molecular flexibility index (Phi) is 8.08. The molecular formula is C27H37N3O2. The molecule has 0 atom stereocenters. The van der Waals surface area contributed by atoms with Crippen molar-refractivity contribution < 1.29 is 9.59 Å². The molecule has 1 aliphatic heterocycles. The van der Waals surface area contributed by atoms with E-state index in [0.717, 1.165) is 61.3 Å². The molecule has 32 heavy (non-hydrogen) atoms. The first kappa shape index (κ1) is 24.0. The van der Waals surface area contributed by atoms with Crippen LogP contribution in [0.2, 0.25) is 0 Å². The van der Waals surface area contributed by atoms with Crippen LogP contribution in [0.3, 0.4) is 0 Å². The number of hydrogen-bond donors (Lipinski definition) is 0. The summed E-state index contributed by atoms with van der Waals surface area (Å²) >= 11 is 0. The van der Waals surface area contributed by atoms with Gasteiger partial charge in [-0.15, -0.1) is 0 Å². The molecule has 2 aromatic carbocycles. The maximum Gasteiger partial charge on any atom is 0.253 e. The highest BCUT2D eigenvalue weighted by molar-refractivity contribution is 5.98. The zero-order valence-electron chi connectivity index (χ0n) is 20.2. The van der Waals surface area contributed by atoms with Crippen LogP contribution in [0.15, 0.2) is 42.5 Å². The molecule has 3 rings (SSSR count). The number of benzene rings is 2. The Morgan fingerprint density at radius 2 is 1.59 bits per heavy atom. The lowest BCUT2D eigenvalue weighted by Gasteiger charge is -2.37. The molecule has 0 radical (unpaired) electrons. The summed E-state index contributed by atoms with van der Waals surface area (Å²) in [5.74, 6) is 0.173. The fraction of sp³-hybridized carbons (Fsp3) is 0.481. The summed E-state index contributed by atoms with van der Waals surface area (Å²) in [5, 5.41) is 0. The maximum atomic E-state index is 13.2. The van der Waals surface area contributed by atoms with E-state index in [2.05, 4.69) is 42.3 Å². The van der Waals surface area contributed by atoms with E-state index in [1.54, 1.807) is 4.90 Å². The third-order valence-corrected chi connectivity index (χ3v) is 6.72. The molecular weight excluding hydrogens is 398 g/mol. The van der Waals surface area contributed by atoms with E-state index in [9.17, 15) is 9.59 Å². The van der Waals surface area contributed by atoms with E-state index < -0.39 is 0 Å². The number of likely N-dealkylation sites (N-methyl/N-ethyl adjacent to an activating group) is 1. The second-order valence-electron chi connectivity index (χ2n) is 9.00. The van der Waals surface area contributed by atoms with Crippen LogP contribution in [0.5, 0.6) is 0 Å². The summed E-state index contributed by atoms with van der Waals surface area (Å²) < 4.78 is 0. The molecule has 0 N–H and O–H groups in total. The van der Waals surface area contributed by atoms with Crippen LogP contribution in [-0.2, 0) is 11.2 Å². The normalized spacial score (nSPS) is 14.6. The van der Waals surface area contributed by atoms with E-state index in [1.807, 2.05) is 44.9 Å². The van der Waals surface area contributed by atoms with Gasteiger partial charge in [-0.25, -0.2) is 0 Å². The van der Waals surface area contributed by atoms with E-state index in [0.29, 0.717) is 12.5 Å². The predicted molar refractivity (Wildman–Crippen MR) is 131 cm³/mol. The third kappa shape index (κ3) is 5.57. The van der Waals surface area contributed by atoms with Crippen LogP contribution in [0.4, 0.5) is 5.69 Å². The number of amides is 2. The lowest BCUT2D eigenvalue weighted by molar-refractivity contribution is -0.118. The van der Waals surface area contributed by atoms with Gasteiger partial charge in [0.1, 0.15) is 0 Å². The number of rotatable bonds is 7. The SMILES string of the molecule is CCC(=O)N(C)c1c(C)cc(C(=O)N2CCC(N(C)CCc3ccccc3)CC2)cc1C. The van der Waals surface area contributed by atoms with Crippen molar-refractivity contribution in [3.8, 4) is 0 Å². The number of likely N-dealkylation sites (tertiary alicyclic amines) is 1. The van der Waals surface area contributed by atoms with Gasteiger partial charge in [0, 0.05) is 50.4 Å². The second kappa shape index (κ2) is 10.8. The van der Waals surface area contributed by atoms with Crippen LogP contribution < -0.4 is 4.90 Å². The molecule has 1 saturated heterocycles. The fourth-order valence-corrected chi connectivity index (χ4v) is 4.80. The highest BCUT2D eigenvalue weighted by Crippen LogP contribution is 2.27. The topological polar surface area (TPSA) is 43.9 Å². The summed E-state index contributed by atoms with van der Waals surface area (Å²) in [6.45, 7) is 8.43. The first-order valence-electron chi connectivity index (χ1n) is 11.7. The number of aryl methyl sites for hydroxylation is 2. The number of anilines is 1. The summed E-state index contributed by atoms with van der Waals surface area (Å²) in [4.78, 5) is 31.5. The second-order valence-corrected chi connectivity index (χ2v) is 9.00. The fourth-order valence-electron chi connectivity index (χ4n) is 4.80. The van der Waals surface area contributed by atoms with Gasteiger partial charge in [0.15, 0.2) is 0 Å². The lowest BCUT2D eigenvalue weighted by atomic mass is 9.99. The minimum absolute atomic E-state index is 0.0775. The van der Waals surface area contributed by atoms with Crippen LogP contribution >= 0.6 is 0 Å². The Bertz CT molecular complexity index is 910. The molecule has 0 spiro atoms. The highest BCUT2D eigenvalue weighted by Gasteiger charge is 2.26. The van der Waals surface area contributed by atoms with Crippen LogP contribution in [-0.4, -0.2) is 61.4 Å². The molecule has 0 saturated carbocycles. The van der Waals surface area contributed by atoms with Crippen molar-refractivity contribution in [2.24, 2.45) is 0 Å². The van der Waals surface area contributed by atoms with Crippen molar-refractivity contribution in [2.45, 2.75) is 52.5 Å². The zero-order valence-corrected chi connectivity index (χ0v) is 20.2. The van der Waals surface area contributed by atoms with Crippen LogP contribution in [0, 0.1) is 13.8 Å². The van der Waals surface area contributed by atoms with Gasteiger partial charge in [0.2, 0.25) is 5.91 Å². The summed E-state index contributed by atoms with van der Waals surface area (Å²) in [6.07, 6.45) is 3.52. The van der Waals surface area contributed by atoms with Gasteiger partial charge in [-0.3, -0.25) is 9.59 Å². The third-order valence-electron chi connectivity index (χ3n) is 6.72. The van der Waals surface area contributed by atoms with Gasteiger partial charge in [0.05, 0.1) is 0 Å². The van der Waals surface area contributed by atoms with Crippen molar-refractivity contribution in [1.82, 2.24) is 9.80 Å². The molecule has 0 aromatic heterocycles. The number of piperidine rings is 1. The van der Waals surface area contributed by atoms with Crippen LogP contribution in [0.25, 0.3) is 0 Å². The molecule has 5 nitrogen and oxygen atoms in total. The minimum Gasteiger partial charge on any atom is -0.339 e. The molecule has 1 heterocycles. The largest absolute Gasteiger partial charge is 0.339 e. The first-order valence-corrected chi connectivity index (χ1v) is 11.7. The Morgan fingerprint density at radius 1 is 1.00 bits per heavy atom. The van der Waals surface area contributed by atoms with Gasteiger partial charge in [-0.2, -0.15) is 0 Å². The molecule has 0 unspecified atom stereocenters. The number of carbonyl (C=O) groups excluding carboxylic acids is 2.